The van der Waals surface area contributed by atoms with Crippen LogP contribution < -0.4 is 0 Å². The second kappa shape index (κ2) is 6.88. The van der Waals surface area contributed by atoms with Gasteiger partial charge in [0, 0.05) is 24.2 Å². The summed E-state index contributed by atoms with van der Waals surface area (Å²) < 4.78 is 11.4. The van der Waals surface area contributed by atoms with E-state index in [-0.39, 0.29) is 30.4 Å². The molecule has 0 saturated heterocycles. The smallest absolute Gasteiger partial charge is 0.359 e. The minimum absolute atomic E-state index is 0.180. The SMILES string of the molecule is C=CCn1nc(C(=O)OCC)c2c1CCN(C(=O)c1nonc1C)C2. The Morgan fingerprint density at radius 1 is 1.36 bits per heavy atom. The molecule has 2 aromatic rings. The molecule has 2 aromatic heterocycles. The fourth-order valence-corrected chi connectivity index (χ4v) is 2.88. The van der Waals surface area contributed by atoms with Crippen molar-refractivity contribution in [3.05, 3.63) is 41.0 Å². The van der Waals surface area contributed by atoms with E-state index in [1.807, 2.05) is 0 Å². The summed E-state index contributed by atoms with van der Waals surface area (Å²) in [6, 6.07) is 0. The van der Waals surface area contributed by atoms with E-state index in [0.717, 1.165) is 5.69 Å². The standard InChI is InChI=1S/C16H19N5O4/c1-4-7-21-12-6-8-20(15(22)13-10(3)18-25-19-13)9-11(12)14(17-21)16(23)24-5-2/h4H,1,5-9H2,2-3H3. The van der Waals surface area contributed by atoms with Crippen LogP contribution >= 0.6 is 0 Å². The molecule has 0 aromatic carbocycles. The van der Waals surface area contributed by atoms with Gasteiger partial charge in [0.2, 0.25) is 0 Å². The van der Waals surface area contributed by atoms with Crippen LogP contribution in [0.25, 0.3) is 0 Å². The van der Waals surface area contributed by atoms with Crippen LogP contribution in [0.1, 0.15) is 44.9 Å². The maximum atomic E-state index is 12.6. The molecule has 3 rings (SSSR count). The number of nitrogens with zero attached hydrogens (tertiary/aromatic N) is 5. The summed E-state index contributed by atoms with van der Waals surface area (Å²) >= 11 is 0. The highest BCUT2D eigenvalue weighted by atomic mass is 16.6. The summed E-state index contributed by atoms with van der Waals surface area (Å²) in [6.45, 7) is 8.60. The zero-order valence-corrected chi connectivity index (χ0v) is 14.2. The fourth-order valence-electron chi connectivity index (χ4n) is 2.88. The number of aryl methyl sites for hydroxylation is 1. The van der Waals surface area contributed by atoms with Crippen LogP contribution in [0, 0.1) is 6.92 Å². The van der Waals surface area contributed by atoms with Crippen molar-refractivity contribution in [1.82, 2.24) is 25.0 Å². The summed E-state index contributed by atoms with van der Waals surface area (Å²) in [7, 11) is 0. The first-order chi connectivity index (χ1) is 12.1. The second-order valence-electron chi connectivity index (χ2n) is 5.64. The molecule has 0 radical (unpaired) electrons. The number of amides is 1. The van der Waals surface area contributed by atoms with Gasteiger partial charge in [0.05, 0.1) is 19.7 Å². The van der Waals surface area contributed by atoms with Crippen molar-refractivity contribution in [2.75, 3.05) is 13.2 Å². The molecule has 132 valence electrons. The van der Waals surface area contributed by atoms with Crippen LogP contribution in [-0.4, -0.2) is 50.0 Å². The lowest BCUT2D eigenvalue weighted by Gasteiger charge is -2.27. The van der Waals surface area contributed by atoms with Crippen molar-refractivity contribution in [2.45, 2.75) is 33.4 Å². The third kappa shape index (κ3) is 3.04. The molecule has 0 spiro atoms. The maximum Gasteiger partial charge on any atom is 0.359 e. The average molecular weight is 345 g/mol. The fraction of sp³-hybridized carbons (Fsp3) is 0.438. The Morgan fingerprint density at radius 3 is 2.80 bits per heavy atom. The molecule has 1 amide bonds. The third-order valence-electron chi connectivity index (χ3n) is 4.05. The predicted octanol–water partition coefficient (Wildman–Crippen LogP) is 1.14. The van der Waals surface area contributed by atoms with E-state index in [1.54, 1.807) is 29.5 Å². The molecule has 0 bridgehead atoms. The predicted molar refractivity (Wildman–Crippen MR) is 85.9 cm³/mol. The minimum Gasteiger partial charge on any atom is -0.461 e. The Balaban J connectivity index is 1.93. The van der Waals surface area contributed by atoms with Crippen LogP contribution in [-0.2, 0) is 24.2 Å². The second-order valence-corrected chi connectivity index (χ2v) is 5.64. The normalized spacial score (nSPS) is 13.4. The van der Waals surface area contributed by atoms with Crippen molar-refractivity contribution >= 4 is 11.9 Å². The van der Waals surface area contributed by atoms with E-state index < -0.39 is 5.97 Å². The zero-order valence-electron chi connectivity index (χ0n) is 14.2. The van der Waals surface area contributed by atoms with Gasteiger partial charge in [-0.2, -0.15) is 5.10 Å². The van der Waals surface area contributed by atoms with Crippen LogP contribution in [0.15, 0.2) is 17.3 Å². The topological polar surface area (TPSA) is 103 Å². The van der Waals surface area contributed by atoms with Crippen molar-refractivity contribution in [2.24, 2.45) is 0 Å². The number of hydrogen-bond acceptors (Lipinski definition) is 7. The van der Waals surface area contributed by atoms with E-state index >= 15 is 0 Å². The molecule has 25 heavy (non-hydrogen) atoms. The van der Waals surface area contributed by atoms with Crippen molar-refractivity contribution in [3.8, 4) is 0 Å². The highest BCUT2D eigenvalue weighted by Crippen LogP contribution is 2.25. The van der Waals surface area contributed by atoms with Gasteiger partial charge in [0.25, 0.3) is 5.91 Å². The van der Waals surface area contributed by atoms with Gasteiger partial charge in [0.15, 0.2) is 11.4 Å². The maximum absolute atomic E-state index is 12.6. The minimum atomic E-state index is -0.491. The van der Waals surface area contributed by atoms with Crippen molar-refractivity contribution in [3.63, 3.8) is 0 Å². The van der Waals surface area contributed by atoms with Crippen LogP contribution in [0.5, 0.6) is 0 Å². The first-order valence-electron chi connectivity index (χ1n) is 8.01. The summed E-state index contributed by atoms with van der Waals surface area (Å²) in [5.41, 5.74) is 2.48. The van der Waals surface area contributed by atoms with Crippen LogP contribution in [0.3, 0.4) is 0 Å². The van der Waals surface area contributed by atoms with Gasteiger partial charge >= 0.3 is 5.97 Å². The van der Waals surface area contributed by atoms with Gasteiger partial charge < -0.3 is 9.64 Å². The molecule has 0 aliphatic carbocycles. The molecule has 0 atom stereocenters. The number of esters is 1. The Bertz CT molecular complexity index is 823. The molecular weight excluding hydrogens is 326 g/mol. The lowest BCUT2D eigenvalue weighted by molar-refractivity contribution is 0.0512. The molecular formula is C16H19N5O4. The number of carbonyl (C=O) groups excluding carboxylic acids is 2. The number of fused-ring (bicyclic) bond motifs is 1. The van der Waals surface area contributed by atoms with Crippen LogP contribution in [0.4, 0.5) is 0 Å². The summed E-state index contributed by atoms with van der Waals surface area (Å²) in [4.78, 5) is 26.5. The number of carbonyl (C=O) groups is 2. The van der Waals surface area contributed by atoms with E-state index in [1.165, 1.54) is 0 Å². The van der Waals surface area contributed by atoms with Gasteiger partial charge in [-0.25, -0.2) is 9.42 Å². The number of rotatable bonds is 5. The van der Waals surface area contributed by atoms with Gasteiger partial charge in [0.1, 0.15) is 5.69 Å². The molecule has 1 aliphatic heterocycles. The lowest BCUT2D eigenvalue weighted by atomic mass is 10.0. The summed E-state index contributed by atoms with van der Waals surface area (Å²) in [6.07, 6.45) is 2.29. The van der Waals surface area contributed by atoms with Gasteiger partial charge in [-0.1, -0.05) is 11.2 Å². The quantitative estimate of drug-likeness (QED) is 0.591. The molecule has 0 N–H and O–H groups in total. The Morgan fingerprint density at radius 2 is 2.16 bits per heavy atom. The summed E-state index contributed by atoms with van der Waals surface area (Å²) in [5, 5.41) is 11.7. The largest absolute Gasteiger partial charge is 0.461 e. The lowest BCUT2D eigenvalue weighted by Crippen LogP contribution is -2.37. The third-order valence-corrected chi connectivity index (χ3v) is 4.05. The molecule has 0 fully saturated rings. The summed E-state index contributed by atoms with van der Waals surface area (Å²) in [5.74, 6) is -0.772. The van der Waals surface area contributed by atoms with Gasteiger partial charge in [-0.15, -0.1) is 6.58 Å². The van der Waals surface area contributed by atoms with E-state index in [0.29, 0.717) is 30.8 Å². The van der Waals surface area contributed by atoms with Crippen LogP contribution in [0.2, 0.25) is 0 Å². The van der Waals surface area contributed by atoms with E-state index in [9.17, 15) is 9.59 Å². The highest BCUT2D eigenvalue weighted by molar-refractivity contribution is 5.94. The Kier molecular flexibility index (Phi) is 4.64. The molecule has 9 heteroatoms. The number of allylic oxidation sites excluding steroid dienone is 1. The zero-order chi connectivity index (χ0) is 18.0. The van der Waals surface area contributed by atoms with E-state index in [4.69, 9.17) is 4.74 Å². The number of hydrogen-bond donors (Lipinski definition) is 0. The van der Waals surface area contributed by atoms with E-state index in [2.05, 4.69) is 26.6 Å². The Labute approximate surface area is 144 Å². The molecule has 0 saturated carbocycles. The number of aromatic nitrogens is 4. The highest BCUT2D eigenvalue weighted by Gasteiger charge is 2.32. The first kappa shape index (κ1) is 16.9. The monoisotopic (exact) mass is 345 g/mol. The molecule has 9 nitrogen and oxygen atoms in total. The molecule has 0 unspecified atom stereocenters. The van der Waals surface area contributed by atoms with Crippen molar-refractivity contribution < 1.29 is 19.0 Å². The van der Waals surface area contributed by atoms with Gasteiger partial charge in [-0.05, 0) is 19.0 Å². The number of ether oxygens (including phenoxy) is 1. The Hall–Kier alpha value is -2.97. The average Bonchev–Trinajstić information content (AvgIpc) is 3.18. The van der Waals surface area contributed by atoms with Crippen molar-refractivity contribution in [1.29, 1.82) is 0 Å². The molecule has 3 heterocycles. The van der Waals surface area contributed by atoms with Gasteiger partial charge in [-0.3, -0.25) is 9.48 Å². The first-order valence-corrected chi connectivity index (χ1v) is 8.01. The molecule has 1 aliphatic rings.